The number of fused-ring (bicyclic) bond motifs is 2. The molecule has 2 saturated carbocycles. The molecule has 4 aliphatic rings. The van der Waals surface area contributed by atoms with Crippen molar-refractivity contribution in [2.45, 2.75) is 150 Å². The van der Waals surface area contributed by atoms with Gasteiger partial charge in [-0.1, -0.05) is 70.0 Å². The number of ether oxygens (including phenoxy) is 2. The molecule has 418 valence electrons. The predicted octanol–water partition coefficient (Wildman–Crippen LogP) is 8.38. The van der Waals surface area contributed by atoms with E-state index in [0.29, 0.717) is 71.5 Å². The first-order chi connectivity index (χ1) is 37.7. The van der Waals surface area contributed by atoms with Crippen LogP contribution in [0.5, 0.6) is 0 Å². The lowest BCUT2D eigenvalue weighted by molar-refractivity contribution is -0.149. The SMILES string of the molecule is CCc1nc2c(cnn2CC)c(NC2CCOCC2)c1CNC(=O)C1(C(=O)NCc2ccc(C)c(Br)c2)CC1.CCc1nc2c(cnn2CC)c(NC2CCOCC2)c1CNC(=O)C1(C(=O)O)CC1.NCc1cccc(Br)c1. The lowest BCUT2D eigenvalue weighted by atomic mass is 10.0. The van der Waals surface area contributed by atoms with Gasteiger partial charge in [-0.3, -0.25) is 19.2 Å². The maximum absolute atomic E-state index is 13.4. The first-order valence-electron chi connectivity index (χ1n) is 27.4. The number of nitrogens with two attached hydrogens (primary N) is 1. The fourth-order valence-electron chi connectivity index (χ4n) is 9.98. The predicted molar refractivity (Wildman–Crippen MR) is 308 cm³/mol. The van der Waals surface area contributed by atoms with Crippen LogP contribution in [0.25, 0.3) is 22.1 Å². The van der Waals surface area contributed by atoms with Crippen molar-refractivity contribution in [1.82, 2.24) is 45.5 Å². The number of rotatable bonds is 19. The molecule has 0 radical (unpaired) electrons. The Balaban J connectivity index is 0.000000181. The number of carbonyl (C=O) groups excluding carboxylic acids is 3. The van der Waals surface area contributed by atoms with Gasteiger partial charge in [0, 0.05) is 109 Å². The average molecular weight is 1200 g/mol. The molecule has 21 heteroatoms. The molecule has 0 unspecified atom stereocenters. The Morgan fingerprint density at radius 2 is 1.14 bits per heavy atom. The summed E-state index contributed by atoms with van der Waals surface area (Å²) in [6.07, 6.45) is 10.6. The molecule has 2 saturated heterocycles. The average Bonchev–Trinajstić information content (AvgIpc) is 4.47. The van der Waals surface area contributed by atoms with E-state index in [2.05, 4.69) is 82.5 Å². The zero-order valence-corrected chi connectivity index (χ0v) is 48.6. The quantitative estimate of drug-likeness (QED) is 0.0376. The van der Waals surface area contributed by atoms with Crippen LogP contribution in [0, 0.1) is 17.8 Å². The van der Waals surface area contributed by atoms with Crippen molar-refractivity contribution in [2.24, 2.45) is 16.6 Å². The van der Waals surface area contributed by atoms with E-state index in [0.717, 1.165) is 133 Å². The van der Waals surface area contributed by atoms with Gasteiger partial charge in [-0.05, 0) is 120 Å². The third kappa shape index (κ3) is 13.4. The van der Waals surface area contributed by atoms with Crippen molar-refractivity contribution in [3.63, 3.8) is 0 Å². The molecule has 2 aromatic carbocycles. The number of aliphatic carboxylic acids is 1. The van der Waals surface area contributed by atoms with Gasteiger partial charge in [0.1, 0.15) is 10.8 Å². The number of carbonyl (C=O) groups is 4. The van der Waals surface area contributed by atoms with Crippen molar-refractivity contribution in [1.29, 1.82) is 0 Å². The standard InChI is InChI=1S/C29H37BrN6O3.C21H29N5O4.C7H8BrN/c1-4-24-21(25(34-20-8-12-39-13-9-20)22-17-33-36(5-2)26(22)35-24)16-32-28(38)29(10-11-29)27(37)31-15-19-7-6-18(3)23(30)14-19;1-3-16-14(11-22-19(27)21(7-8-21)20(28)29)17(24-13-5-9-30-10-6-13)15-12-23-26(4-2)18(15)25-16;8-7-3-1-2-6(4-7)5-9/h6-7,14,17,20H,4-5,8-13,15-16H2,1-3H3,(H,31,37)(H,32,38)(H,34,35);12-13H,3-11H2,1-2H3,(H,22,27)(H,24,25)(H,28,29);1-4H,5,9H2. The third-order valence-corrected chi connectivity index (χ3v) is 16.6. The van der Waals surface area contributed by atoms with Crippen LogP contribution < -0.4 is 32.3 Å². The number of halogens is 2. The maximum Gasteiger partial charge on any atom is 0.319 e. The maximum atomic E-state index is 13.4. The molecular formula is C57H74Br2N12O7. The van der Waals surface area contributed by atoms with Crippen LogP contribution in [0.3, 0.4) is 0 Å². The Morgan fingerprint density at radius 3 is 1.54 bits per heavy atom. The number of carboxylic acids is 1. The summed E-state index contributed by atoms with van der Waals surface area (Å²) in [5.41, 5.74) is 13.7. The van der Waals surface area contributed by atoms with Gasteiger partial charge >= 0.3 is 5.97 Å². The van der Waals surface area contributed by atoms with E-state index >= 15 is 0 Å². The molecule has 10 rings (SSSR count). The summed E-state index contributed by atoms with van der Waals surface area (Å²) in [4.78, 5) is 60.4. The van der Waals surface area contributed by atoms with Gasteiger partial charge in [0.2, 0.25) is 17.7 Å². The lowest BCUT2D eigenvalue weighted by Gasteiger charge is -2.27. The van der Waals surface area contributed by atoms with E-state index in [1.807, 2.05) is 85.0 Å². The van der Waals surface area contributed by atoms with Crippen molar-refractivity contribution in [2.75, 3.05) is 37.1 Å². The highest BCUT2D eigenvalue weighted by atomic mass is 79.9. The van der Waals surface area contributed by atoms with E-state index < -0.39 is 22.7 Å². The number of nitrogens with one attached hydrogen (secondary N) is 5. The van der Waals surface area contributed by atoms with Gasteiger partial charge in [0.25, 0.3) is 0 Å². The highest BCUT2D eigenvalue weighted by Crippen LogP contribution is 2.47. The molecule has 0 atom stereocenters. The second-order valence-electron chi connectivity index (χ2n) is 20.4. The number of aromatic nitrogens is 6. The molecule has 2 aliphatic heterocycles. The second-order valence-corrected chi connectivity index (χ2v) is 22.2. The highest BCUT2D eigenvalue weighted by Gasteiger charge is 2.57. The number of aryl methyl sites for hydroxylation is 5. The number of benzene rings is 2. The molecule has 19 nitrogen and oxygen atoms in total. The van der Waals surface area contributed by atoms with E-state index in [4.69, 9.17) is 25.2 Å². The van der Waals surface area contributed by atoms with Crippen molar-refractivity contribution >= 4 is 89.0 Å². The Hall–Kier alpha value is -6.00. The Labute approximate surface area is 472 Å². The zero-order chi connectivity index (χ0) is 55.6. The van der Waals surface area contributed by atoms with Gasteiger partial charge in [0.15, 0.2) is 11.3 Å². The largest absolute Gasteiger partial charge is 0.480 e. The molecule has 8 N–H and O–H groups in total. The minimum Gasteiger partial charge on any atom is -0.480 e. The monoisotopic (exact) mass is 1200 g/mol. The third-order valence-electron chi connectivity index (χ3n) is 15.2. The topological polar surface area (TPSA) is 255 Å². The summed E-state index contributed by atoms with van der Waals surface area (Å²) in [6.45, 7) is 16.1. The molecule has 3 amide bonds. The number of hydrogen-bond acceptors (Lipinski definition) is 13. The van der Waals surface area contributed by atoms with Crippen molar-refractivity contribution in [3.8, 4) is 0 Å². The van der Waals surface area contributed by atoms with E-state index in [9.17, 15) is 24.3 Å². The molecule has 78 heavy (non-hydrogen) atoms. The van der Waals surface area contributed by atoms with Gasteiger partial charge < -0.3 is 46.9 Å². The summed E-state index contributed by atoms with van der Waals surface area (Å²) in [5, 5.41) is 36.7. The first kappa shape index (κ1) is 58.2. The molecule has 6 aromatic rings. The van der Waals surface area contributed by atoms with Gasteiger partial charge in [0.05, 0.1) is 34.5 Å². The minimum absolute atomic E-state index is 0.217. The summed E-state index contributed by atoms with van der Waals surface area (Å²) in [7, 11) is 0. The highest BCUT2D eigenvalue weighted by molar-refractivity contribution is 9.10. The van der Waals surface area contributed by atoms with Crippen LogP contribution >= 0.6 is 31.9 Å². The van der Waals surface area contributed by atoms with E-state index in [1.54, 1.807) is 0 Å². The van der Waals surface area contributed by atoms with E-state index in [1.165, 1.54) is 0 Å². The molecule has 6 heterocycles. The number of nitrogens with zero attached hydrogens (tertiary/aromatic N) is 6. The number of hydrogen-bond donors (Lipinski definition) is 7. The summed E-state index contributed by atoms with van der Waals surface area (Å²) < 4.78 is 16.9. The normalized spacial score (nSPS) is 16.5. The first-order valence-corrected chi connectivity index (χ1v) is 29.0. The van der Waals surface area contributed by atoms with Gasteiger partial charge in [-0.25, -0.2) is 19.3 Å². The van der Waals surface area contributed by atoms with Crippen LogP contribution in [-0.2, 0) is 80.8 Å². The van der Waals surface area contributed by atoms with Crippen molar-refractivity contribution < 1.29 is 33.8 Å². The fourth-order valence-corrected chi connectivity index (χ4v) is 10.9. The summed E-state index contributed by atoms with van der Waals surface area (Å²) in [5.74, 6) is -1.91. The Kier molecular flexibility index (Phi) is 19.6. The number of pyridine rings is 2. The van der Waals surface area contributed by atoms with Crippen LogP contribution in [-0.4, -0.2) is 96.8 Å². The van der Waals surface area contributed by atoms with Crippen LogP contribution in [0.1, 0.15) is 118 Å². The minimum atomic E-state index is -1.26. The van der Waals surface area contributed by atoms with Crippen LogP contribution in [0.2, 0.25) is 0 Å². The molecular weight excluding hydrogens is 1120 g/mol. The molecule has 0 spiro atoms. The number of anilines is 2. The van der Waals surface area contributed by atoms with Crippen LogP contribution in [0.4, 0.5) is 11.4 Å². The van der Waals surface area contributed by atoms with Crippen molar-refractivity contribution in [3.05, 3.63) is 103 Å². The van der Waals surface area contributed by atoms with Gasteiger partial charge in [-0.2, -0.15) is 10.2 Å². The molecule has 0 bridgehead atoms. The molecule has 4 fully saturated rings. The molecule has 2 aliphatic carbocycles. The Morgan fingerprint density at radius 1 is 0.667 bits per heavy atom. The van der Waals surface area contributed by atoms with Crippen LogP contribution in [0.15, 0.2) is 63.8 Å². The summed E-state index contributed by atoms with van der Waals surface area (Å²) in [6, 6.07) is 14.5. The summed E-state index contributed by atoms with van der Waals surface area (Å²) >= 11 is 6.89. The van der Waals surface area contributed by atoms with E-state index in [-0.39, 0.29) is 30.4 Å². The molecule has 4 aromatic heterocycles. The fraction of sp³-hybridized carbons (Fsp3) is 0.509. The lowest BCUT2D eigenvalue weighted by Crippen LogP contribution is -2.42. The Bertz CT molecular complexity index is 3100. The second kappa shape index (κ2) is 26.3. The zero-order valence-electron chi connectivity index (χ0n) is 45.4. The smallest absolute Gasteiger partial charge is 0.319 e. The number of carboxylic acid groups (broad SMARTS) is 1. The van der Waals surface area contributed by atoms with Gasteiger partial charge in [-0.15, -0.1) is 0 Å². The number of amides is 3.